The SMILES string of the molecule is Fc1ccc(NC2CCCc3sc(I)cc32)c(Cl)c1. The minimum Gasteiger partial charge on any atom is -0.377 e. The summed E-state index contributed by atoms with van der Waals surface area (Å²) in [6.07, 6.45) is 3.44. The summed E-state index contributed by atoms with van der Waals surface area (Å²) in [5.74, 6) is -0.301. The lowest BCUT2D eigenvalue weighted by Crippen LogP contribution is -2.15. The largest absolute Gasteiger partial charge is 0.377 e. The van der Waals surface area contributed by atoms with Gasteiger partial charge in [-0.25, -0.2) is 4.39 Å². The quantitative estimate of drug-likeness (QED) is 0.636. The van der Waals surface area contributed by atoms with Gasteiger partial charge >= 0.3 is 0 Å². The van der Waals surface area contributed by atoms with Crippen LogP contribution < -0.4 is 5.32 Å². The smallest absolute Gasteiger partial charge is 0.124 e. The van der Waals surface area contributed by atoms with E-state index < -0.39 is 0 Å². The Kier molecular flexibility index (Phi) is 4.01. The van der Waals surface area contributed by atoms with Crippen LogP contribution in [0.3, 0.4) is 0 Å². The summed E-state index contributed by atoms with van der Waals surface area (Å²) >= 11 is 10.3. The number of aryl methyl sites for hydroxylation is 1. The zero-order chi connectivity index (χ0) is 13.4. The number of anilines is 1. The predicted octanol–water partition coefficient (Wildman–Crippen LogP) is 5.63. The van der Waals surface area contributed by atoms with Crippen LogP contribution in [0, 0.1) is 8.70 Å². The standard InChI is InChI=1S/C14H12ClFINS/c15-10-6-8(16)4-5-12(10)18-11-2-1-3-13-9(11)7-14(17)19-13/h4-7,11,18H,1-3H2. The molecule has 1 atom stereocenters. The van der Waals surface area contributed by atoms with Crippen LogP contribution in [0.2, 0.25) is 5.02 Å². The van der Waals surface area contributed by atoms with Gasteiger partial charge in [0.1, 0.15) is 5.82 Å². The van der Waals surface area contributed by atoms with E-state index in [1.807, 2.05) is 11.3 Å². The van der Waals surface area contributed by atoms with E-state index in [0.29, 0.717) is 5.02 Å². The molecule has 5 heteroatoms. The van der Waals surface area contributed by atoms with Crippen molar-refractivity contribution >= 4 is 51.2 Å². The lowest BCUT2D eigenvalue weighted by atomic mass is 9.94. The molecule has 1 aromatic heterocycles. The third-order valence-electron chi connectivity index (χ3n) is 3.34. The molecule has 0 amide bonds. The molecule has 0 fully saturated rings. The fourth-order valence-corrected chi connectivity index (χ4v) is 4.81. The minimum atomic E-state index is -0.301. The second-order valence-corrected chi connectivity index (χ2v) is 8.08. The maximum absolute atomic E-state index is 13.1. The molecule has 100 valence electrons. The molecule has 3 rings (SSSR count). The Morgan fingerprint density at radius 1 is 1.37 bits per heavy atom. The van der Waals surface area contributed by atoms with Crippen molar-refractivity contribution in [2.45, 2.75) is 25.3 Å². The number of nitrogens with one attached hydrogen (secondary N) is 1. The van der Waals surface area contributed by atoms with E-state index in [1.54, 1.807) is 6.07 Å². The Hall–Kier alpha value is -0.330. The van der Waals surface area contributed by atoms with Crippen molar-refractivity contribution < 1.29 is 4.39 Å². The molecule has 1 aromatic carbocycles. The second-order valence-electron chi connectivity index (χ2n) is 4.64. The van der Waals surface area contributed by atoms with Crippen molar-refractivity contribution in [3.8, 4) is 0 Å². The van der Waals surface area contributed by atoms with Gasteiger partial charge in [-0.05, 0) is 71.7 Å². The zero-order valence-corrected chi connectivity index (χ0v) is 13.8. The first-order chi connectivity index (χ1) is 9.13. The van der Waals surface area contributed by atoms with E-state index >= 15 is 0 Å². The van der Waals surface area contributed by atoms with Gasteiger partial charge in [0, 0.05) is 4.88 Å². The Morgan fingerprint density at radius 3 is 3.00 bits per heavy atom. The van der Waals surface area contributed by atoms with Crippen LogP contribution in [-0.2, 0) is 6.42 Å². The molecule has 0 bridgehead atoms. The van der Waals surface area contributed by atoms with E-state index in [4.69, 9.17) is 11.6 Å². The molecule has 0 saturated heterocycles. The van der Waals surface area contributed by atoms with Gasteiger partial charge in [0.2, 0.25) is 0 Å². The van der Waals surface area contributed by atoms with Crippen LogP contribution in [0.5, 0.6) is 0 Å². The van der Waals surface area contributed by atoms with Gasteiger partial charge in [-0.15, -0.1) is 11.3 Å². The number of rotatable bonds is 2. The monoisotopic (exact) mass is 407 g/mol. The normalized spacial score (nSPS) is 18.2. The molecule has 0 aliphatic heterocycles. The van der Waals surface area contributed by atoms with E-state index in [1.165, 1.54) is 38.3 Å². The lowest BCUT2D eigenvalue weighted by Gasteiger charge is -2.25. The number of hydrogen-bond donors (Lipinski definition) is 1. The number of benzene rings is 1. The Labute approximate surface area is 134 Å². The molecule has 19 heavy (non-hydrogen) atoms. The van der Waals surface area contributed by atoms with Crippen LogP contribution in [0.15, 0.2) is 24.3 Å². The molecular weight excluding hydrogens is 396 g/mol. The maximum Gasteiger partial charge on any atom is 0.124 e. The first kappa shape index (κ1) is 13.6. The van der Waals surface area contributed by atoms with Crippen LogP contribution in [0.1, 0.15) is 29.3 Å². The molecule has 2 aromatic rings. The molecule has 1 nitrogen and oxygen atoms in total. The molecular formula is C14H12ClFINS. The average Bonchev–Trinajstić information content (AvgIpc) is 2.74. The number of fused-ring (bicyclic) bond motifs is 1. The van der Waals surface area contributed by atoms with Gasteiger partial charge in [-0.3, -0.25) is 0 Å². The summed E-state index contributed by atoms with van der Waals surface area (Å²) in [6, 6.07) is 7.03. The van der Waals surface area contributed by atoms with Crippen molar-refractivity contribution in [1.82, 2.24) is 0 Å². The molecule has 1 heterocycles. The first-order valence-electron chi connectivity index (χ1n) is 6.13. The molecule has 0 saturated carbocycles. The van der Waals surface area contributed by atoms with E-state index in [0.717, 1.165) is 12.1 Å². The lowest BCUT2D eigenvalue weighted by molar-refractivity contribution is 0.607. The summed E-state index contributed by atoms with van der Waals surface area (Å²) < 4.78 is 14.4. The predicted molar refractivity (Wildman–Crippen MR) is 87.7 cm³/mol. The Morgan fingerprint density at radius 2 is 2.21 bits per heavy atom. The van der Waals surface area contributed by atoms with Crippen LogP contribution in [-0.4, -0.2) is 0 Å². The second kappa shape index (κ2) is 5.58. The third kappa shape index (κ3) is 2.90. The topological polar surface area (TPSA) is 12.0 Å². The van der Waals surface area contributed by atoms with Crippen molar-refractivity contribution in [2.75, 3.05) is 5.32 Å². The number of halogens is 3. The Bertz CT molecular complexity index is 613. The zero-order valence-electron chi connectivity index (χ0n) is 10.1. The average molecular weight is 408 g/mol. The van der Waals surface area contributed by atoms with E-state index in [-0.39, 0.29) is 11.9 Å². The van der Waals surface area contributed by atoms with Gasteiger partial charge in [0.05, 0.1) is 19.6 Å². The summed E-state index contributed by atoms with van der Waals surface area (Å²) in [5.41, 5.74) is 2.18. The van der Waals surface area contributed by atoms with Crippen molar-refractivity contribution in [3.63, 3.8) is 0 Å². The first-order valence-corrected chi connectivity index (χ1v) is 8.40. The van der Waals surface area contributed by atoms with Crippen LogP contribution >= 0.6 is 45.5 Å². The number of hydrogen-bond acceptors (Lipinski definition) is 2. The number of thiophene rings is 1. The molecule has 1 aliphatic carbocycles. The summed E-state index contributed by atoms with van der Waals surface area (Å²) in [6.45, 7) is 0. The maximum atomic E-state index is 13.1. The van der Waals surface area contributed by atoms with E-state index in [2.05, 4.69) is 34.0 Å². The minimum absolute atomic E-state index is 0.284. The van der Waals surface area contributed by atoms with Crippen molar-refractivity contribution in [1.29, 1.82) is 0 Å². The van der Waals surface area contributed by atoms with Crippen molar-refractivity contribution in [2.24, 2.45) is 0 Å². The molecule has 1 unspecified atom stereocenters. The van der Waals surface area contributed by atoms with Gasteiger partial charge in [-0.2, -0.15) is 0 Å². The van der Waals surface area contributed by atoms with Gasteiger partial charge in [-0.1, -0.05) is 11.6 Å². The molecule has 1 N–H and O–H groups in total. The molecule has 0 spiro atoms. The van der Waals surface area contributed by atoms with Gasteiger partial charge in [0.25, 0.3) is 0 Å². The van der Waals surface area contributed by atoms with E-state index in [9.17, 15) is 4.39 Å². The summed E-state index contributed by atoms with van der Waals surface area (Å²) in [4.78, 5) is 1.46. The molecule has 1 aliphatic rings. The highest BCUT2D eigenvalue weighted by Crippen LogP contribution is 2.39. The van der Waals surface area contributed by atoms with Gasteiger partial charge < -0.3 is 5.32 Å². The third-order valence-corrected chi connectivity index (χ3v) is 5.63. The van der Waals surface area contributed by atoms with Crippen LogP contribution in [0.25, 0.3) is 0 Å². The fraction of sp³-hybridized carbons (Fsp3) is 0.286. The highest BCUT2D eigenvalue weighted by Gasteiger charge is 2.23. The van der Waals surface area contributed by atoms with Gasteiger partial charge in [0.15, 0.2) is 0 Å². The highest BCUT2D eigenvalue weighted by molar-refractivity contribution is 14.1. The fourth-order valence-electron chi connectivity index (χ4n) is 2.47. The Balaban J connectivity index is 1.88. The summed E-state index contributed by atoms with van der Waals surface area (Å²) in [7, 11) is 0. The summed E-state index contributed by atoms with van der Waals surface area (Å²) in [5, 5.41) is 3.89. The van der Waals surface area contributed by atoms with Crippen LogP contribution in [0.4, 0.5) is 10.1 Å². The highest BCUT2D eigenvalue weighted by atomic mass is 127. The van der Waals surface area contributed by atoms with Crippen molar-refractivity contribution in [3.05, 3.63) is 48.4 Å². The molecule has 0 radical (unpaired) electrons.